The maximum absolute atomic E-state index is 12.4. The number of carbonyl (C=O) groups is 1. The zero-order chi connectivity index (χ0) is 13.4. The number of halogens is 2. The van der Waals surface area contributed by atoms with E-state index in [0.717, 1.165) is 15.4 Å². The predicted molar refractivity (Wildman–Crippen MR) is 83.6 cm³/mol. The van der Waals surface area contributed by atoms with E-state index in [9.17, 15) is 4.79 Å². The maximum atomic E-state index is 12.4. The largest absolute Gasteiger partial charge is 0.452 e. The molecule has 0 N–H and O–H groups in total. The fourth-order valence-corrected chi connectivity index (χ4v) is 2.40. The summed E-state index contributed by atoms with van der Waals surface area (Å²) in [6, 6.07) is 9.17. The van der Waals surface area contributed by atoms with E-state index in [-0.39, 0.29) is 18.2 Å². The van der Waals surface area contributed by atoms with Gasteiger partial charge in [-0.2, -0.15) is 0 Å². The molecule has 0 spiro atoms. The van der Waals surface area contributed by atoms with E-state index in [1.807, 2.05) is 25.1 Å². The number of rotatable bonds is 2. The third kappa shape index (κ3) is 2.49. The van der Waals surface area contributed by atoms with Crippen molar-refractivity contribution >= 4 is 45.1 Å². The third-order valence-electron chi connectivity index (χ3n) is 3.03. The quantitative estimate of drug-likeness (QED) is 0.635. The topological polar surface area (TPSA) is 43.1 Å². The molecule has 1 aromatic carbocycles. The van der Waals surface area contributed by atoms with Gasteiger partial charge in [-0.05, 0) is 37.3 Å². The van der Waals surface area contributed by atoms with Crippen LogP contribution in [-0.4, -0.2) is 10.8 Å². The molecule has 0 atom stereocenters. The normalized spacial score (nSPS) is 10.3. The van der Waals surface area contributed by atoms with Crippen LogP contribution in [0.2, 0.25) is 0 Å². The van der Waals surface area contributed by atoms with E-state index in [2.05, 4.69) is 20.9 Å². The van der Waals surface area contributed by atoms with Crippen LogP contribution in [0.4, 0.5) is 0 Å². The Labute approximate surface area is 130 Å². The molecular formula is C15H11BrClNO2. The van der Waals surface area contributed by atoms with Gasteiger partial charge < -0.3 is 4.42 Å². The molecule has 0 radical (unpaired) electrons. The highest BCUT2D eigenvalue weighted by Crippen LogP contribution is 2.29. The van der Waals surface area contributed by atoms with Crippen LogP contribution in [0.5, 0.6) is 0 Å². The van der Waals surface area contributed by atoms with Crippen molar-refractivity contribution in [2.75, 3.05) is 0 Å². The number of benzene rings is 1. The third-order valence-corrected chi connectivity index (χ3v) is 3.52. The van der Waals surface area contributed by atoms with Gasteiger partial charge in [-0.1, -0.05) is 15.9 Å². The molecule has 0 fully saturated rings. The molecule has 2 heterocycles. The van der Waals surface area contributed by atoms with Crippen LogP contribution in [0.1, 0.15) is 21.7 Å². The Morgan fingerprint density at radius 1 is 1.30 bits per heavy atom. The van der Waals surface area contributed by atoms with Crippen molar-refractivity contribution in [3.05, 3.63) is 64.1 Å². The van der Waals surface area contributed by atoms with Gasteiger partial charge in [0.2, 0.25) is 5.78 Å². The van der Waals surface area contributed by atoms with Crippen LogP contribution in [0.25, 0.3) is 11.0 Å². The van der Waals surface area contributed by atoms with E-state index < -0.39 is 0 Å². The second kappa shape index (κ2) is 5.77. The molecule has 0 aliphatic carbocycles. The summed E-state index contributed by atoms with van der Waals surface area (Å²) in [5, 5.41) is 0.946. The van der Waals surface area contributed by atoms with Crippen LogP contribution < -0.4 is 0 Å². The number of aromatic nitrogens is 1. The Morgan fingerprint density at radius 2 is 2.10 bits per heavy atom. The molecule has 0 aliphatic rings. The number of fused-ring (bicyclic) bond motifs is 1. The summed E-state index contributed by atoms with van der Waals surface area (Å²) in [5.74, 6) is 0.235. The van der Waals surface area contributed by atoms with Crippen molar-refractivity contribution in [2.24, 2.45) is 0 Å². The fraction of sp³-hybridized carbons (Fsp3) is 0.0667. The molecule has 0 aliphatic heterocycles. The molecule has 0 unspecified atom stereocenters. The molecule has 0 bridgehead atoms. The second-order valence-electron chi connectivity index (χ2n) is 4.27. The minimum absolute atomic E-state index is 0. The first-order valence-electron chi connectivity index (χ1n) is 5.80. The molecule has 102 valence electrons. The molecule has 3 aromatic rings. The first kappa shape index (κ1) is 14.8. The summed E-state index contributed by atoms with van der Waals surface area (Å²) in [7, 11) is 0. The second-order valence-corrected chi connectivity index (χ2v) is 5.18. The van der Waals surface area contributed by atoms with E-state index in [1.165, 1.54) is 0 Å². The Balaban J connectivity index is 0.00000147. The number of hydrogen-bond acceptors (Lipinski definition) is 3. The smallest absolute Gasteiger partial charge is 0.230 e. The predicted octanol–water partition coefficient (Wildman–Crippen LogP) is 4.55. The van der Waals surface area contributed by atoms with Gasteiger partial charge in [-0.15, -0.1) is 12.4 Å². The molecule has 3 rings (SSSR count). The number of ketones is 1. The summed E-state index contributed by atoms with van der Waals surface area (Å²) in [4.78, 5) is 16.3. The van der Waals surface area contributed by atoms with E-state index in [4.69, 9.17) is 4.42 Å². The average Bonchev–Trinajstić information content (AvgIpc) is 2.76. The monoisotopic (exact) mass is 351 g/mol. The number of hydrogen-bond donors (Lipinski definition) is 0. The van der Waals surface area contributed by atoms with Crippen LogP contribution in [0.15, 0.2) is 51.6 Å². The van der Waals surface area contributed by atoms with E-state index in [1.54, 1.807) is 24.5 Å². The molecule has 0 amide bonds. The minimum atomic E-state index is -0.141. The number of furan rings is 1. The molecule has 3 nitrogen and oxygen atoms in total. The van der Waals surface area contributed by atoms with Gasteiger partial charge in [0, 0.05) is 33.4 Å². The van der Waals surface area contributed by atoms with Gasteiger partial charge in [-0.25, -0.2) is 0 Å². The SMILES string of the molecule is Cc1c(C(=O)c2cccnc2)oc2ccc(Br)cc12.Cl. The van der Waals surface area contributed by atoms with Crippen molar-refractivity contribution < 1.29 is 9.21 Å². The summed E-state index contributed by atoms with van der Waals surface area (Å²) in [5.41, 5.74) is 2.10. The Bertz CT molecular complexity index is 768. The summed E-state index contributed by atoms with van der Waals surface area (Å²) < 4.78 is 6.63. The van der Waals surface area contributed by atoms with Crippen molar-refractivity contribution in [1.82, 2.24) is 4.98 Å². The van der Waals surface area contributed by atoms with Crippen molar-refractivity contribution in [3.8, 4) is 0 Å². The fourth-order valence-electron chi connectivity index (χ4n) is 2.04. The molecule has 20 heavy (non-hydrogen) atoms. The number of nitrogens with zero attached hydrogens (tertiary/aromatic N) is 1. The van der Waals surface area contributed by atoms with Gasteiger partial charge in [-0.3, -0.25) is 9.78 Å². The van der Waals surface area contributed by atoms with Crippen molar-refractivity contribution in [1.29, 1.82) is 0 Å². The highest BCUT2D eigenvalue weighted by molar-refractivity contribution is 9.10. The standard InChI is InChI=1S/C15H10BrNO2.ClH/c1-9-12-7-11(16)4-5-13(12)19-15(9)14(18)10-3-2-6-17-8-10;/h2-8H,1H3;1H. The Hall–Kier alpha value is -1.65. The lowest BCUT2D eigenvalue weighted by Gasteiger charge is -1.97. The highest BCUT2D eigenvalue weighted by Gasteiger charge is 2.19. The van der Waals surface area contributed by atoms with Crippen LogP contribution in [-0.2, 0) is 0 Å². The molecule has 2 aromatic heterocycles. The highest BCUT2D eigenvalue weighted by atomic mass is 79.9. The summed E-state index contributed by atoms with van der Waals surface area (Å²) >= 11 is 3.42. The summed E-state index contributed by atoms with van der Waals surface area (Å²) in [6.45, 7) is 1.89. The first-order chi connectivity index (χ1) is 9.16. The van der Waals surface area contributed by atoms with Crippen LogP contribution in [0, 0.1) is 6.92 Å². The lowest BCUT2D eigenvalue weighted by Crippen LogP contribution is -2.01. The first-order valence-corrected chi connectivity index (χ1v) is 6.59. The number of pyridine rings is 1. The Morgan fingerprint density at radius 3 is 2.80 bits per heavy atom. The molecule has 0 saturated heterocycles. The lowest BCUT2D eigenvalue weighted by atomic mass is 10.1. The number of aryl methyl sites for hydroxylation is 1. The Kier molecular flexibility index (Phi) is 4.26. The van der Waals surface area contributed by atoms with Gasteiger partial charge in [0.25, 0.3) is 0 Å². The van der Waals surface area contributed by atoms with Crippen molar-refractivity contribution in [3.63, 3.8) is 0 Å². The van der Waals surface area contributed by atoms with Crippen LogP contribution in [0.3, 0.4) is 0 Å². The van der Waals surface area contributed by atoms with E-state index >= 15 is 0 Å². The van der Waals surface area contributed by atoms with Crippen molar-refractivity contribution in [2.45, 2.75) is 6.92 Å². The molecular weight excluding hydrogens is 342 g/mol. The average molecular weight is 353 g/mol. The van der Waals surface area contributed by atoms with Gasteiger partial charge in [0.1, 0.15) is 5.58 Å². The van der Waals surface area contributed by atoms with Gasteiger partial charge in [0.15, 0.2) is 5.76 Å². The zero-order valence-electron chi connectivity index (χ0n) is 10.6. The lowest BCUT2D eigenvalue weighted by molar-refractivity contribution is 0.101. The van der Waals surface area contributed by atoms with Gasteiger partial charge >= 0.3 is 0 Å². The van der Waals surface area contributed by atoms with Gasteiger partial charge in [0.05, 0.1) is 0 Å². The maximum Gasteiger partial charge on any atom is 0.230 e. The minimum Gasteiger partial charge on any atom is -0.452 e. The molecule has 0 saturated carbocycles. The zero-order valence-corrected chi connectivity index (χ0v) is 13.0. The van der Waals surface area contributed by atoms with Crippen LogP contribution >= 0.6 is 28.3 Å². The summed E-state index contributed by atoms with van der Waals surface area (Å²) in [6.07, 6.45) is 3.18. The number of carbonyl (C=O) groups excluding carboxylic acids is 1. The molecule has 5 heteroatoms. The van der Waals surface area contributed by atoms with E-state index in [0.29, 0.717) is 16.9 Å².